The van der Waals surface area contributed by atoms with Crippen molar-refractivity contribution < 1.29 is 18.7 Å². The Labute approximate surface area is 161 Å². The van der Waals surface area contributed by atoms with E-state index < -0.39 is 11.7 Å². The van der Waals surface area contributed by atoms with Gasteiger partial charge in [0.1, 0.15) is 17.3 Å². The lowest BCUT2D eigenvalue weighted by Gasteiger charge is -2.27. The van der Waals surface area contributed by atoms with E-state index in [0.717, 1.165) is 0 Å². The molecule has 2 amide bonds. The van der Waals surface area contributed by atoms with E-state index in [9.17, 15) is 14.0 Å². The minimum absolute atomic E-state index is 0.00213. The monoisotopic (exact) mass is 376 g/mol. The van der Waals surface area contributed by atoms with Gasteiger partial charge in [0.2, 0.25) is 11.8 Å². The third-order valence-electron chi connectivity index (χ3n) is 4.49. The van der Waals surface area contributed by atoms with Gasteiger partial charge in [-0.15, -0.1) is 0 Å². The summed E-state index contributed by atoms with van der Waals surface area (Å²) >= 11 is 0. The summed E-state index contributed by atoms with van der Waals surface area (Å²) in [6, 6.07) is 18.6. The van der Waals surface area contributed by atoms with Crippen molar-refractivity contribution in [1.82, 2.24) is 0 Å². The molecule has 0 unspecified atom stereocenters. The van der Waals surface area contributed by atoms with Crippen molar-refractivity contribution in [3.05, 3.63) is 83.7 Å². The standard InChI is InChI=1S/C22H17FN2O3/c1-13(26)24-14-10-11-17(23)18(12-14)25-22(27)21-15-6-2-4-8-19(15)28-20-9-5-3-7-16(20)21/h2-12,21H,1H3,(H,24,26)(H,25,27). The van der Waals surface area contributed by atoms with Crippen molar-refractivity contribution >= 4 is 23.2 Å². The highest BCUT2D eigenvalue weighted by Gasteiger charge is 2.32. The maximum absolute atomic E-state index is 14.3. The molecule has 0 bridgehead atoms. The summed E-state index contributed by atoms with van der Waals surface area (Å²) in [7, 11) is 0. The van der Waals surface area contributed by atoms with E-state index in [1.807, 2.05) is 36.4 Å². The quantitative estimate of drug-likeness (QED) is 0.699. The van der Waals surface area contributed by atoms with E-state index in [2.05, 4.69) is 10.6 Å². The lowest BCUT2D eigenvalue weighted by molar-refractivity contribution is -0.117. The van der Waals surface area contributed by atoms with Crippen LogP contribution in [0.25, 0.3) is 0 Å². The molecular formula is C22H17FN2O3. The van der Waals surface area contributed by atoms with Crippen molar-refractivity contribution in [3.63, 3.8) is 0 Å². The first-order chi connectivity index (χ1) is 13.5. The molecule has 28 heavy (non-hydrogen) atoms. The maximum Gasteiger partial charge on any atom is 0.236 e. The first kappa shape index (κ1) is 17.7. The van der Waals surface area contributed by atoms with Crippen molar-refractivity contribution in [2.45, 2.75) is 12.8 Å². The van der Waals surface area contributed by atoms with Crippen LogP contribution < -0.4 is 15.4 Å². The van der Waals surface area contributed by atoms with Crippen LogP contribution >= 0.6 is 0 Å². The average Bonchev–Trinajstić information content (AvgIpc) is 2.68. The van der Waals surface area contributed by atoms with E-state index in [-0.39, 0.29) is 17.5 Å². The van der Waals surface area contributed by atoms with E-state index in [1.165, 1.54) is 25.1 Å². The molecule has 0 atom stereocenters. The molecule has 1 aliphatic rings. The third kappa shape index (κ3) is 3.32. The molecule has 2 N–H and O–H groups in total. The number of ether oxygens (including phenoxy) is 1. The summed E-state index contributed by atoms with van der Waals surface area (Å²) in [4.78, 5) is 24.4. The second-order valence-corrected chi connectivity index (χ2v) is 6.48. The molecule has 0 fully saturated rings. The Kier molecular flexibility index (Phi) is 4.53. The van der Waals surface area contributed by atoms with Gasteiger partial charge in [-0.3, -0.25) is 9.59 Å². The lowest BCUT2D eigenvalue weighted by Crippen LogP contribution is -2.25. The fourth-order valence-corrected chi connectivity index (χ4v) is 3.30. The molecule has 0 aromatic heterocycles. The predicted octanol–water partition coefficient (Wildman–Crippen LogP) is 4.66. The van der Waals surface area contributed by atoms with Crippen molar-refractivity contribution in [2.75, 3.05) is 10.6 Å². The Hall–Kier alpha value is -3.67. The number of hydrogen-bond donors (Lipinski definition) is 2. The van der Waals surface area contributed by atoms with Crippen LogP contribution in [0.3, 0.4) is 0 Å². The van der Waals surface area contributed by atoms with Crippen LogP contribution in [0.2, 0.25) is 0 Å². The predicted molar refractivity (Wildman–Crippen MR) is 104 cm³/mol. The minimum Gasteiger partial charge on any atom is -0.457 e. The number of para-hydroxylation sites is 2. The first-order valence-corrected chi connectivity index (χ1v) is 8.76. The van der Waals surface area contributed by atoms with Gasteiger partial charge in [0.15, 0.2) is 0 Å². The van der Waals surface area contributed by atoms with E-state index in [1.54, 1.807) is 12.1 Å². The number of fused-ring (bicyclic) bond motifs is 2. The zero-order chi connectivity index (χ0) is 19.7. The molecule has 0 spiro atoms. The number of halogens is 1. The molecule has 5 nitrogen and oxygen atoms in total. The molecule has 0 saturated heterocycles. The molecular weight excluding hydrogens is 359 g/mol. The Morgan fingerprint density at radius 2 is 1.50 bits per heavy atom. The molecule has 4 rings (SSSR count). The average molecular weight is 376 g/mol. The van der Waals surface area contributed by atoms with Gasteiger partial charge >= 0.3 is 0 Å². The minimum atomic E-state index is -0.648. The van der Waals surface area contributed by atoms with Crippen LogP contribution in [0.5, 0.6) is 11.5 Å². The zero-order valence-corrected chi connectivity index (χ0v) is 15.0. The molecule has 0 radical (unpaired) electrons. The highest BCUT2D eigenvalue weighted by molar-refractivity contribution is 6.00. The molecule has 0 saturated carbocycles. The van der Waals surface area contributed by atoms with Crippen LogP contribution in [-0.4, -0.2) is 11.8 Å². The van der Waals surface area contributed by atoms with Gasteiger partial charge in [0.05, 0.1) is 11.6 Å². The fraction of sp³-hybridized carbons (Fsp3) is 0.0909. The maximum atomic E-state index is 14.3. The summed E-state index contributed by atoms with van der Waals surface area (Å²) < 4.78 is 20.2. The number of amides is 2. The molecule has 3 aromatic carbocycles. The Morgan fingerprint density at radius 1 is 0.893 bits per heavy atom. The molecule has 1 aliphatic heterocycles. The number of rotatable bonds is 3. The zero-order valence-electron chi connectivity index (χ0n) is 15.0. The largest absolute Gasteiger partial charge is 0.457 e. The van der Waals surface area contributed by atoms with E-state index in [4.69, 9.17) is 4.74 Å². The van der Waals surface area contributed by atoms with Crippen molar-refractivity contribution in [1.29, 1.82) is 0 Å². The normalized spacial score (nSPS) is 12.4. The third-order valence-corrected chi connectivity index (χ3v) is 4.49. The molecule has 0 aliphatic carbocycles. The summed E-state index contributed by atoms with van der Waals surface area (Å²) in [6.45, 7) is 1.36. The lowest BCUT2D eigenvalue weighted by atomic mass is 9.87. The highest BCUT2D eigenvalue weighted by atomic mass is 19.1. The van der Waals surface area contributed by atoms with E-state index >= 15 is 0 Å². The van der Waals surface area contributed by atoms with Crippen LogP contribution in [0.15, 0.2) is 66.7 Å². The number of anilines is 2. The van der Waals surface area contributed by atoms with Gasteiger partial charge in [0.25, 0.3) is 0 Å². The summed E-state index contributed by atoms with van der Waals surface area (Å²) in [5.41, 5.74) is 1.81. The van der Waals surface area contributed by atoms with Crippen LogP contribution in [0, 0.1) is 5.82 Å². The number of carbonyl (C=O) groups excluding carboxylic acids is 2. The van der Waals surface area contributed by atoms with Gasteiger partial charge in [-0.05, 0) is 30.3 Å². The SMILES string of the molecule is CC(=O)Nc1ccc(F)c(NC(=O)C2c3ccccc3Oc3ccccc32)c1. The van der Waals surface area contributed by atoms with Gasteiger partial charge in [0, 0.05) is 23.7 Å². The second kappa shape index (κ2) is 7.15. The van der Waals surface area contributed by atoms with Crippen molar-refractivity contribution in [3.8, 4) is 11.5 Å². The summed E-state index contributed by atoms with van der Waals surface area (Å²) in [5, 5.41) is 5.23. The second-order valence-electron chi connectivity index (χ2n) is 6.48. The topological polar surface area (TPSA) is 67.4 Å². The molecule has 140 valence electrons. The Bertz CT molecular complexity index is 1040. The Morgan fingerprint density at radius 3 is 2.11 bits per heavy atom. The Balaban J connectivity index is 1.70. The number of hydrogen-bond acceptors (Lipinski definition) is 3. The molecule has 3 aromatic rings. The number of nitrogens with one attached hydrogen (secondary N) is 2. The van der Waals surface area contributed by atoms with Crippen LogP contribution in [0.1, 0.15) is 24.0 Å². The smallest absolute Gasteiger partial charge is 0.236 e. The van der Waals surface area contributed by atoms with Gasteiger partial charge in [-0.1, -0.05) is 36.4 Å². The molecule has 1 heterocycles. The first-order valence-electron chi connectivity index (χ1n) is 8.76. The fourth-order valence-electron chi connectivity index (χ4n) is 3.30. The van der Waals surface area contributed by atoms with E-state index in [0.29, 0.717) is 28.3 Å². The number of benzene rings is 3. The molecule has 6 heteroatoms. The van der Waals surface area contributed by atoms with Crippen molar-refractivity contribution in [2.24, 2.45) is 0 Å². The highest BCUT2D eigenvalue weighted by Crippen LogP contribution is 2.44. The summed E-state index contributed by atoms with van der Waals surface area (Å²) in [6.07, 6.45) is 0. The van der Waals surface area contributed by atoms with Gasteiger partial charge in [-0.2, -0.15) is 0 Å². The number of carbonyl (C=O) groups is 2. The van der Waals surface area contributed by atoms with Gasteiger partial charge < -0.3 is 15.4 Å². The van der Waals surface area contributed by atoms with Crippen LogP contribution in [0.4, 0.5) is 15.8 Å². The summed E-state index contributed by atoms with van der Waals surface area (Å²) in [5.74, 6) is -0.720. The van der Waals surface area contributed by atoms with Gasteiger partial charge in [-0.25, -0.2) is 4.39 Å². The van der Waals surface area contributed by atoms with Crippen LogP contribution in [-0.2, 0) is 9.59 Å².